The van der Waals surface area contributed by atoms with Gasteiger partial charge in [-0.25, -0.2) is 0 Å². The van der Waals surface area contributed by atoms with Gasteiger partial charge in [-0.15, -0.1) is 11.8 Å². The topological polar surface area (TPSA) is 81.2 Å². The highest BCUT2D eigenvalue weighted by Gasteiger charge is 2.74. The predicted octanol–water partition coefficient (Wildman–Crippen LogP) is 3.62. The summed E-state index contributed by atoms with van der Waals surface area (Å²) in [7, 11) is 0. The van der Waals surface area contributed by atoms with E-state index in [1.54, 1.807) is 16.7 Å². The second-order valence-electron chi connectivity index (χ2n) is 12.2. The van der Waals surface area contributed by atoms with Crippen molar-refractivity contribution in [2.24, 2.45) is 17.8 Å². The van der Waals surface area contributed by atoms with Gasteiger partial charge < -0.3 is 19.8 Å². The molecule has 7 atom stereocenters. The SMILES string of the molecule is CCCN1CC=C[C@@]2(C)S[C@]34C=CCN(C5CCCCC5)C(=O)C3N([C@@H](CO)[C@@H](C)CC)C(=O)[C@@H]4[C@H]2C1=O. The lowest BCUT2D eigenvalue weighted by atomic mass is 9.74. The van der Waals surface area contributed by atoms with Gasteiger partial charge >= 0.3 is 0 Å². The zero-order valence-corrected chi connectivity index (χ0v) is 24.3. The van der Waals surface area contributed by atoms with Crippen molar-refractivity contribution in [3.8, 4) is 0 Å². The van der Waals surface area contributed by atoms with E-state index in [1.807, 2.05) is 16.7 Å². The molecule has 0 aromatic rings. The molecule has 0 radical (unpaired) electrons. The van der Waals surface area contributed by atoms with Crippen LogP contribution in [0.5, 0.6) is 0 Å². The molecule has 2 saturated heterocycles. The first-order valence-corrected chi connectivity index (χ1v) is 15.6. The summed E-state index contributed by atoms with van der Waals surface area (Å²) in [4.78, 5) is 49.1. The highest BCUT2D eigenvalue weighted by Crippen LogP contribution is 2.66. The normalized spacial score (nSPS) is 37.1. The number of carbonyl (C=O) groups excluding carboxylic acids is 3. The van der Waals surface area contributed by atoms with E-state index in [9.17, 15) is 19.5 Å². The molecule has 1 saturated carbocycles. The second-order valence-corrected chi connectivity index (χ2v) is 14.0. The van der Waals surface area contributed by atoms with Crippen LogP contribution < -0.4 is 0 Å². The van der Waals surface area contributed by atoms with Crippen molar-refractivity contribution < 1.29 is 19.5 Å². The zero-order valence-electron chi connectivity index (χ0n) is 23.5. The number of fused-ring (bicyclic) bond motifs is 2. The van der Waals surface area contributed by atoms with Crippen molar-refractivity contribution in [3.63, 3.8) is 0 Å². The smallest absolute Gasteiger partial charge is 0.247 e. The quantitative estimate of drug-likeness (QED) is 0.496. The molecular weight excluding hydrogens is 498 g/mol. The lowest BCUT2D eigenvalue weighted by Gasteiger charge is -2.43. The molecule has 0 aromatic heterocycles. The van der Waals surface area contributed by atoms with Crippen molar-refractivity contribution in [3.05, 3.63) is 24.3 Å². The van der Waals surface area contributed by atoms with E-state index < -0.39 is 33.4 Å². The number of thioether (sulfide) groups is 1. The van der Waals surface area contributed by atoms with Crippen LogP contribution in [0.1, 0.15) is 72.6 Å². The molecule has 1 N–H and O–H groups in total. The first kappa shape index (κ1) is 27.8. The summed E-state index contributed by atoms with van der Waals surface area (Å²) in [6, 6.07) is -1.00. The van der Waals surface area contributed by atoms with Crippen molar-refractivity contribution in [1.29, 1.82) is 0 Å². The Morgan fingerprint density at radius 2 is 1.71 bits per heavy atom. The second kappa shape index (κ2) is 10.6. The van der Waals surface area contributed by atoms with Gasteiger partial charge in [-0.05, 0) is 32.1 Å². The lowest BCUT2D eigenvalue weighted by Crippen LogP contribution is -2.59. The molecular formula is C30H45N3O4S. The third-order valence-electron chi connectivity index (χ3n) is 9.96. The van der Waals surface area contributed by atoms with Crippen LogP contribution in [0, 0.1) is 17.8 Å². The molecule has 1 unspecified atom stereocenters. The Morgan fingerprint density at radius 3 is 2.37 bits per heavy atom. The molecule has 0 bridgehead atoms. The molecule has 210 valence electrons. The number of carbonyl (C=O) groups is 3. The summed E-state index contributed by atoms with van der Waals surface area (Å²) >= 11 is 1.64. The fraction of sp³-hybridized carbons (Fsp3) is 0.767. The minimum Gasteiger partial charge on any atom is -0.394 e. The van der Waals surface area contributed by atoms with Crippen LogP contribution in [0.25, 0.3) is 0 Å². The molecule has 4 aliphatic heterocycles. The fourth-order valence-corrected chi connectivity index (χ4v) is 10.0. The molecule has 4 heterocycles. The first-order chi connectivity index (χ1) is 18.2. The maximum absolute atomic E-state index is 14.7. The minimum absolute atomic E-state index is 0.00564. The van der Waals surface area contributed by atoms with Crippen molar-refractivity contribution in [2.45, 2.75) is 100 Å². The van der Waals surface area contributed by atoms with Crippen LogP contribution in [0.15, 0.2) is 24.3 Å². The Morgan fingerprint density at radius 1 is 1.00 bits per heavy atom. The predicted molar refractivity (Wildman–Crippen MR) is 150 cm³/mol. The maximum Gasteiger partial charge on any atom is 0.247 e. The minimum atomic E-state index is -0.840. The Hall–Kier alpha value is -1.80. The summed E-state index contributed by atoms with van der Waals surface area (Å²) in [6.07, 6.45) is 15.5. The van der Waals surface area contributed by atoms with Crippen molar-refractivity contribution in [1.82, 2.24) is 14.7 Å². The van der Waals surface area contributed by atoms with E-state index in [4.69, 9.17) is 0 Å². The molecule has 1 aliphatic carbocycles. The van der Waals surface area contributed by atoms with E-state index in [0.29, 0.717) is 19.6 Å². The van der Waals surface area contributed by atoms with Crippen LogP contribution in [0.3, 0.4) is 0 Å². The van der Waals surface area contributed by atoms with Crippen LogP contribution in [0.4, 0.5) is 0 Å². The standard InChI is InChI=1S/C30H45N3O4S/c1-5-16-31-17-10-14-29(4)23(26(31)35)24-27(36)33(22(19-34)20(3)6-2)25-28(37)32(21-12-8-7-9-13-21)18-11-15-30(24,25)38-29/h10-11,14-15,20-25,34H,5-9,12-13,16-19H2,1-4H3/t20-,22-,23-,24-,25?,29+,30-/m0/s1. The molecule has 5 aliphatic rings. The molecule has 38 heavy (non-hydrogen) atoms. The average Bonchev–Trinajstić information content (AvgIpc) is 3.18. The van der Waals surface area contributed by atoms with Crippen LogP contribution >= 0.6 is 11.8 Å². The lowest BCUT2D eigenvalue weighted by molar-refractivity contribution is -0.149. The van der Waals surface area contributed by atoms with Crippen LogP contribution in [0.2, 0.25) is 0 Å². The number of aliphatic hydroxyl groups excluding tert-OH is 1. The molecule has 3 amide bonds. The van der Waals surface area contributed by atoms with Crippen molar-refractivity contribution in [2.75, 3.05) is 26.2 Å². The number of aliphatic hydroxyl groups is 1. The monoisotopic (exact) mass is 543 g/mol. The number of amides is 3. The highest BCUT2D eigenvalue weighted by atomic mass is 32.2. The van der Waals surface area contributed by atoms with E-state index >= 15 is 0 Å². The van der Waals surface area contributed by atoms with Crippen LogP contribution in [-0.2, 0) is 14.4 Å². The largest absolute Gasteiger partial charge is 0.394 e. The summed E-state index contributed by atoms with van der Waals surface area (Å²) < 4.78 is -1.42. The van der Waals surface area contributed by atoms with Gasteiger partial charge in [0.25, 0.3) is 0 Å². The van der Waals surface area contributed by atoms with Gasteiger partial charge in [0.1, 0.15) is 6.04 Å². The van der Waals surface area contributed by atoms with E-state index in [1.165, 1.54) is 6.42 Å². The fourth-order valence-electron chi connectivity index (χ4n) is 7.89. The maximum atomic E-state index is 14.7. The van der Waals surface area contributed by atoms with Gasteiger partial charge in [0.15, 0.2) is 0 Å². The molecule has 1 spiro atoms. The summed E-state index contributed by atoms with van der Waals surface area (Å²) in [5.74, 6) is -1.29. The number of hydrogen-bond donors (Lipinski definition) is 1. The Balaban J connectivity index is 1.64. The third kappa shape index (κ3) is 4.16. The molecule has 3 fully saturated rings. The number of nitrogens with zero attached hydrogens (tertiary/aromatic N) is 3. The van der Waals surface area contributed by atoms with E-state index in [0.717, 1.165) is 38.5 Å². The average molecular weight is 544 g/mol. The van der Waals surface area contributed by atoms with Gasteiger partial charge in [0.2, 0.25) is 17.7 Å². The Labute approximate surface area is 232 Å². The zero-order chi connectivity index (χ0) is 27.2. The molecule has 0 aromatic carbocycles. The Kier molecular flexibility index (Phi) is 7.77. The Bertz CT molecular complexity index is 1010. The van der Waals surface area contributed by atoms with Gasteiger partial charge in [0, 0.05) is 30.4 Å². The van der Waals surface area contributed by atoms with Gasteiger partial charge in [-0.2, -0.15) is 0 Å². The highest BCUT2D eigenvalue weighted by molar-refractivity contribution is 8.02. The molecule has 5 rings (SSSR count). The van der Waals surface area contributed by atoms with Gasteiger partial charge in [0.05, 0.1) is 29.2 Å². The molecule has 8 heteroatoms. The number of rotatable bonds is 7. The van der Waals surface area contributed by atoms with Gasteiger partial charge in [-0.3, -0.25) is 14.4 Å². The summed E-state index contributed by atoms with van der Waals surface area (Å²) in [5.41, 5.74) is 0. The molecule has 7 nitrogen and oxygen atoms in total. The van der Waals surface area contributed by atoms with E-state index in [2.05, 4.69) is 45.1 Å². The van der Waals surface area contributed by atoms with Gasteiger partial charge in [-0.1, -0.05) is 70.8 Å². The van der Waals surface area contributed by atoms with Crippen LogP contribution in [-0.4, -0.2) is 91.4 Å². The van der Waals surface area contributed by atoms with Crippen molar-refractivity contribution >= 4 is 29.5 Å². The summed E-state index contributed by atoms with van der Waals surface area (Å²) in [5, 5.41) is 10.6. The third-order valence-corrected chi connectivity index (χ3v) is 11.8. The summed E-state index contributed by atoms with van der Waals surface area (Å²) in [6.45, 7) is 9.80. The first-order valence-electron chi connectivity index (χ1n) is 14.8. The number of likely N-dealkylation sites (tertiary alicyclic amines) is 1. The van der Waals surface area contributed by atoms with E-state index in [-0.39, 0.29) is 36.3 Å². The number of hydrogen-bond acceptors (Lipinski definition) is 5.